The topological polar surface area (TPSA) is 14.7 Å². The molecule has 4 nitrogen and oxygen atoms in total. The smallest absolute Gasteiger partial charge is 0.252 e. The number of thiophene rings is 1. The van der Waals surface area contributed by atoms with Crippen molar-refractivity contribution in [2.24, 2.45) is 0 Å². The summed E-state index contributed by atoms with van der Waals surface area (Å²) in [5.41, 5.74) is 24.0. The van der Waals surface area contributed by atoms with Gasteiger partial charge in [0.05, 0.1) is 28.1 Å². The third-order valence-corrected chi connectivity index (χ3v) is 19.6. The zero-order valence-electron chi connectivity index (χ0n) is 52.9. The van der Waals surface area contributed by atoms with Crippen molar-refractivity contribution in [1.82, 2.24) is 4.57 Å². The minimum Gasteiger partial charge on any atom is -0.311 e. The number of hydrogen-bond acceptors (Lipinski definition) is 4. The van der Waals surface area contributed by atoms with Crippen molar-refractivity contribution in [1.29, 1.82) is 0 Å². The number of fused-ring (bicyclic) bond motifs is 10. The van der Waals surface area contributed by atoms with E-state index in [0.717, 1.165) is 34.1 Å². The van der Waals surface area contributed by atoms with Gasteiger partial charge in [0.1, 0.15) is 0 Å². The molecule has 0 atom stereocenters. The second-order valence-electron chi connectivity index (χ2n) is 29.6. The molecule has 4 heterocycles. The van der Waals surface area contributed by atoms with Crippen LogP contribution in [0.15, 0.2) is 206 Å². The summed E-state index contributed by atoms with van der Waals surface area (Å²) in [6.07, 6.45) is 0. The van der Waals surface area contributed by atoms with Gasteiger partial charge in [-0.25, -0.2) is 0 Å². The Hall–Kier alpha value is -8.32. The molecule has 0 unspecified atom stereocenters. The van der Waals surface area contributed by atoms with Crippen molar-refractivity contribution in [3.63, 3.8) is 0 Å². The Morgan fingerprint density at radius 1 is 0.337 bits per heavy atom. The summed E-state index contributed by atoms with van der Waals surface area (Å²) in [7, 11) is 0. The van der Waals surface area contributed by atoms with Gasteiger partial charge in [0.25, 0.3) is 6.71 Å². The van der Waals surface area contributed by atoms with E-state index in [-0.39, 0.29) is 33.8 Å². The average molecular weight is 1140 g/mol. The highest BCUT2D eigenvalue weighted by Gasteiger charge is 2.47. The first kappa shape index (κ1) is 55.6. The molecule has 2 aromatic heterocycles. The quantitative estimate of drug-likeness (QED) is 0.154. The molecule has 0 radical (unpaired) electrons. The Bertz CT molecular complexity index is 4540. The lowest BCUT2D eigenvalue weighted by atomic mass is 9.33. The normalized spacial score (nSPS) is 13.7. The van der Waals surface area contributed by atoms with E-state index < -0.39 is 0 Å². The van der Waals surface area contributed by atoms with Gasteiger partial charge >= 0.3 is 0 Å². The molecule has 0 amide bonds. The average Bonchev–Trinajstić information content (AvgIpc) is 1.13. The van der Waals surface area contributed by atoms with Crippen molar-refractivity contribution in [2.75, 3.05) is 14.7 Å². The number of nitrogens with zero attached hydrogens (tertiary/aromatic N) is 4. The van der Waals surface area contributed by atoms with E-state index in [2.05, 4.69) is 329 Å². The molecule has 2 aliphatic rings. The van der Waals surface area contributed by atoms with E-state index >= 15 is 0 Å². The summed E-state index contributed by atoms with van der Waals surface area (Å²) in [6, 6.07) is 79.8. The highest BCUT2D eigenvalue weighted by atomic mass is 32.1. The Morgan fingerprint density at radius 2 is 0.779 bits per heavy atom. The lowest BCUT2D eigenvalue weighted by molar-refractivity contribution is 0.590. The summed E-state index contributed by atoms with van der Waals surface area (Å²) in [6.45, 7) is 34.9. The second kappa shape index (κ2) is 19.6. The van der Waals surface area contributed by atoms with Gasteiger partial charge in [-0.15, -0.1) is 11.3 Å². The fourth-order valence-electron chi connectivity index (χ4n) is 13.7. The zero-order valence-corrected chi connectivity index (χ0v) is 53.7. The van der Waals surface area contributed by atoms with E-state index in [1.165, 1.54) is 109 Å². The van der Waals surface area contributed by atoms with Crippen LogP contribution in [0.2, 0.25) is 0 Å². The molecule has 6 heteroatoms. The zero-order chi connectivity index (χ0) is 60.1. The van der Waals surface area contributed by atoms with Crippen LogP contribution in [-0.2, 0) is 27.1 Å². The molecule has 2 aliphatic heterocycles. The van der Waals surface area contributed by atoms with E-state index in [4.69, 9.17) is 0 Å². The lowest BCUT2D eigenvalue weighted by Crippen LogP contribution is -2.61. The molecule has 10 aromatic carbocycles. The second-order valence-corrected chi connectivity index (χ2v) is 30.6. The summed E-state index contributed by atoms with van der Waals surface area (Å²) < 4.78 is 5.25. The number of anilines is 9. The van der Waals surface area contributed by atoms with Crippen LogP contribution >= 0.6 is 11.3 Å². The van der Waals surface area contributed by atoms with Crippen LogP contribution in [0.1, 0.15) is 132 Å². The standard InChI is InChI=1S/C80H79BN4S/c1-76(2,3)50-30-37-57(38-31-50)83-67-43-36-54(80(13,14)15)46-63(67)81-64-49-71-72(60-28-22-23-29-70(60)86-71)75(85-65-41-34-52(78(7,8)9)44-61(65)62-45-53(79(10,11)12)35-42-66(62)85)74(64)84(58-39-32-51(33-40-58)77(4,5)6)69-48-59(47-68(83)73(69)81)82(55-24-18-16-19-25-55)56-26-20-17-21-27-56/h16-49H,1-15H3. The van der Waals surface area contributed by atoms with E-state index in [9.17, 15) is 0 Å². The number of hydrogen-bond donors (Lipinski definition) is 0. The Kier molecular flexibility index (Phi) is 12.7. The maximum atomic E-state index is 2.69. The highest BCUT2D eigenvalue weighted by Crippen LogP contribution is 2.54. The predicted octanol–water partition coefficient (Wildman–Crippen LogP) is 21.2. The van der Waals surface area contributed by atoms with Crippen molar-refractivity contribution < 1.29 is 0 Å². The van der Waals surface area contributed by atoms with Crippen LogP contribution in [0.4, 0.5) is 51.2 Å². The van der Waals surface area contributed by atoms with Crippen LogP contribution < -0.4 is 31.1 Å². The van der Waals surface area contributed by atoms with Gasteiger partial charge < -0.3 is 19.3 Å². The monoisotopic (exact) mass is 1140 g/mol. The fourth-order valence-corrected chi connectivity index (χ4v) is 14.9. The van der Waals surface area contributed by atoms with E-state index in [1.807, 2.05) is 11.3 Å². The van der Waals surface area contributed by atoms with Gasteiger partial charge in [0.15, 0.2) is 0 Å². The Balaban J connectivity index is 1.21. The fraction of sp³-hybridized carbons (Fsp3) is 0.250. The number of rotatable bonds is 6. The van der Waals surface area contributed by atoms with Crippen molar-refractivity contribution in [3.8, 4) is 5.69 Å². The summed E-state index contributed by atoms with van der Waals surface area (Å²) >= 11 is 1.93. The van der Waals surface area contributed by atoms with Crippen LogP contribution in [0.5, 0.6) is 0 Å². The summed E-state index contributed by atoms with van der Waals surface area (Å²) in [5.74, 6) is 0. The number of benzene rings is 10. The lowest BCUT2D eigenvalue weighted by Gasteiger charge is -2.46. The predicted molar refractivity (Wildman–Crippen MR) is 376 cm³/mol. The van der Waals surface area contributed by atoms with Gasteiger partial charge in [-0.05, 0) is 174 Å². The molecule has 0 N–H and O–H groups in total. The van der Waals surface area contributed by atoms with Gasteiger partial charge in [-0.3, -0.25) is 0 Å². The number of para-hydroxylation sites is 2. The van der Waals surface area contributed by atoms with Crippen LogP contribution in [0.3, 0.4) is 0 Å². The minimum atomic E-state index is -0.167. The number of aromatic nitrogens is 1. The first-order valence-corrected chi connectivity index (χ1v) is 31.8. The van der Waals surface area contributed by atoms with Crippen molar-refractivity contribution in [2.45, 2.75) is 131 Å². The van der Waals surface area contributed by atoms with E-state index in [0.29, 0.717) is 0 Å². The first-order valence-electron chi connectivity index (χ1n) is 30.9. The van der Waals surface area contributed by atoms with Crippen molar-refractivity contribution in [3.05, 3.63) is 234 Å². The van der Waals surface area contributed by atoms with Crippen LogP contribution in [-0.4, -0.2) is 11.3 Å². The molecule has 0 bridgehead atoms. The van der Waals surface area contributed by atoms with E-state index in [1.54, 1.807) is 0 Å². The van der Waals surface area contributed by atoms with Gasteiger partial charge in [0, 0.05) is 70.8 Å². The molecule has 0 spiro atoms. The van der Waals surface area contributed by atoms with Gasteiger partial charge in [-0.1, -0.05) is 207 Å². The highest BCUT2D eigenvalue weighted by molar-refractivity contribution is 7.26. The van der Waals surface area contributed by atoms with Crippen LogP contribution in [0.25, 0.3) is 47.7 Å². The van der Waals surface area contributed by atoms with Gasteiger partial charge in [-0.2, -0.15) is 0 Å². The molecular formula is C80H79BN4S. The maximum Gasteiger partial charge on any atom is 0.252 e. The molecule has 0 aliphatic carbocycles. The largest absolute Gasteiger partial charge is 0.311 e. The third kappa shape index (κ3) is 9.07. The summed E-state index contributed by atoms with van der Waals surface area (Å²) in [5, 5.41) is 5.09. The Morgan fingerprint density at radius 3 is 1.29 bits per heavy atom. The van der Waals surface area contributed by atoms with Crippen LogP contribution in [0, 0.1) is 0 Å². The third-order valence-electron chi connectivity index (χ3n) is 18.5. The molecule has 12 aromatic rings. The summed E-state index contributed by atoms with van der Waals surface area (Å²) in [4.78, 5) is 7.75. The molecule has 0 saturated heterocycles. The SMILES string of the molecule is CC(C)(C)c1ccc(N2c3ccc(C(C)(C)C)cc3B3c4cc5sc6ccccc6c5c(-n5c6ccc(C(C)(C)C)cc6c6cc(C(C)(C)C)ccc65)c4N(c4ccc(C(C)(C)C)cc4)c4cc(N(c5ccccc5)c5ccccc5)cc2c43)cc1. The van der Waals surface area contributed by atoms with Crippen molar-refractivity contribution >= 4 is 128 Å². The first-order chi connectivity index (χ1) is 40.8. The molecule has 428 valence electrons. The van der Waals surface area contributed by atoms with Gasteiger partial charge in [0.2, 0.25) is 0 Å². The molecule has 86 heavy (non-hydrogen) atoms. The maximum absolute atomic E-state index is 2.69. The Labute approximate surface area is 514 Å². The molecule has 0 fully saturated rings. The molecule has 0 saturated carbocycles. The molecular weight excluding hydrogens is 1060 g/mol. The minimum absolute atomic E-state index is 0.0154. The molecule has 14 rings (SSSR count).